The summed E-state index contributed by atoms with van der Waals surface area (Å²) in [6.07, 6.45) is 0.0670. The molecule has 0 aromatic heterocycles. The Bertz CT molecular complexity index is 373. The monoisotopic (exact) mass is 315 g/mol. The normalized spacial score (nSPS) is 20.9. The Labute approximate surface area is 116 Å². The molecule has 1 aromatic rings. The molecule has 1 N–H and O–H groups in total. The second-order valence-corrected chi connectivity index (χ2v) is 5.11. The van der Waals surface area contributed by atoms with E-state index in [-0.39, 0.29) is 12.7 Å². The van der Waals surface area contributed by atoms with Crippen LogP contribution in [0.15, 0.2) is 28.7 Å². The van der Waals surface area contributed by atoms with Crippen molar-refractivity contribution in [2.45, 2.75) is 6.10 Å². The summed E-state index contributed by atoms with van der Waals surface area (Å²) in [6, 6.07) is 7.78. The van der Waals surface area contributed by atoms with Gasteiger partial charge in [-0.25, -0.2) is 0 Å². The van der Waals surface area contributed by atoms with Gasteiger partial charge in [-0.2, -0.15) is 0 Å². The summed E-state index contributed by atoms with van der Waals surface area (Å²) in [5.41, 5.74) is 0. The number of nitrogens with zero attached hydrogens (tertiary/aromatic N) is 1. The first kappa shape index (κ1) is 13.8. The average molecular weight is 316 g/mol. The molecule has 5 heteroatoms. The Morgan fingerprint density at radius 2 is 2.28 bits per heavy atom. The largest absolute Gasteiger partial charge is 0.490 e. The Morgan fingerprint density at radius 3 is 3.06 bits per heavy atom. The molecule has 100 valence electrons. The van der Waals surface area contributed by atoms with E-state index in [0.717, 1.165) is 23.3 Å². The Morgan fingerprint density at radius 1 is 1.44 bits per heavy atom. The molecular formula is C13H18BrNO3. The minimum absolute atomic E-state index is 0.0670. The van der Waals surface area contributed by atoms with Crippen molar-refractivity contribution in [3.63, 3.8) is 0 Å². The third-order valence-electron chi connectivity index (χ3n) is 2.90. The zero-order valence-electron chi connectivity index (χ0n) is 10.2. The molecule has 0 bridgehead atoms. The lowest BCUT2D eigenvalue weighted by Gasteiger charge is -2.32. The summed E-state index contributed by atoms with van der Waals surface area (Å²) < 4.78 is 12.3. The van der Waals surface area contributed by atoms with Gasteiger partial charge in [0.25, 0.3) is 0 Å². The highest BCUT2D eigenvalue weighted by Crippen LogP contribution is 2.24. The molecule has 1 atom stereocenters. The standard InChI is InChI=1S/C13H18BrNO3/c14-12-3-1-2-4-13(12)18-10-11-9-15(5-7-16)6-8-17-11/h1-4,11,16H,5-10H2/t11-/m1/s1. The molecule has 1 aliphatic heterocycles. The maximum Gasteiger partial charge on any atom is 0.133 e. The van der Waals surface area contributed by atoms with Crippen molar-refractivity contribution in [1.82, 2.24) is 4.90 Å². The third-order valence-corrected chi connectivity index (χ3v) is 3.56. The van der Waals surface area contributed by atoms with Gasteiger partial charge in [-0.05, 0) is 28.1 Å². The van der Waals surface area contributed by atoms with Gasteiger partial charge in [-0.15, -0.1) is 0 Å². The minimum Gasteiger partial charge on any atom is -0.490 e. The zero-order valence-corrected chi connectivity index (χ0v) is 11.8. The van der Waals surface area contributed by atoms with Gasteiger partial charge in [-0.1, -0.05) is 12.1 Å². The van der Waals surface area contributed by atoms with E-state index in [1.165, 1.54) is 0 Å². The molecular weight excluding hydrogens is 298 g/mol. The van der Waals surface area contributed by atoms with Crippen LogP contribution in [0.25, 0.3) is 0 Å². The summed E-state index contributed by atoms with van der Waals surface area (Å²) in [5.74, 6) is 0.834. The summed E-state index contributed by atoms with van der Waals surface area (Å²) in [7, 11) is 0. The zero-order chi connectivity index (χ0) is 12.8. The molecule has 0 amide bonds. The van der Waals surface area contributed by atoms with Gasteiger partial charge in [0, 0.05) is 19.6 Å². The molecule has 0 unspecified atom stereocenters. The smallest absolute Gasteiger partial charge is 0.133 e. The molecule has 18 heavy (non-hydrogen) atoms. The van der Waals surface area contributed by atoms with E-state index in [1.807, 2.05) is 24.3 Å². The van der Waals surface area contributed by atoms with Crippen molar-refractivity contribution < 1.29 is 14.6 Å². The van der Waals surface area contributed by atoms with Gasteiger partial charge < -0.3 is 14.6 Å². The number of ether oxygens (including phenoxy) is 2. The van der Waals surface area contributed by atoms with Crippen LogP contribution in [0.3, 0.4) is 0 Å². The van der Waals surface area contributed by atoms with Gasteiger partial charge in [0.15, 0.2) is 0 Å². The number of para-hydroxylation sites is 1. The van der Waals surface area contributed by atoms with Crippen LogP contribution in [0.1, 0.15) is 0 Å². The lowest BCUT2D eigenvalue weighted by molar-refractivity contribution is -0.0509. The molecule has 0 saturated carbocycles. The number of hydrogen-bond acceptors (Lipinski definition) is 4. The number of morpholine rings is 1. The van der Waals surface area contributed by atoms with Crippen LogP contribution in [0.2, 0.25) is 0 Å². The van der Waals surface area contributed by atoms with Gasteiger partial charge in [0.05, 0.1) is 17.7 Å². The van der Waals surface area contributed by atoms with E-state index >= 15 is 0 Å². The molecule has 1 fully saturated rings. The summed E-state index contributed by atoms with van der Waals surface area (Å²) in [6.45, 7) is 3.82. The summed E-state index contributed by atoms with van der Waals surface area (Å²) in [5, 5.41) is 8.93. The van der Waals surface area contributed by atoms with Crippen LogP contribution < -0.4 is 4.74 Å². The third kappa shape index (κ3) is 3.95. The number of halogens is 1. The first-order valence-corrected chi connectivity index (χ1v) is 6.91. The van der Waals surface area contributed by atoms with Gasteiger partial charge >= 0.3 is 0 Å². The van der Waals surface area contributed by atoms with Crippen molar-refractivity contribution in [1.29, 1.82) is 0 Å². The lowest BCUT2D eigenvalue weighted by atomic mass is 10.3. The van der Waals surface area contributed by atoms with Crippen LogP contribution >= 0.6 is 15.9 Å². The van der Waals surface area contributed by atoms with Crippen LogP contribution in [0.4, 0.5) is 0 Å². The van der Waals surface area contributed by atoms with Gasteiger partial charge in [0.1, 0.15) is 18.5 Å². The molecule has 1 saturated heterocycles. The maximum atomic E-state index is 8.93. The van der Waals surface area contributed by atoms with E-state index < -0.39 is 0 Å². The van der Waals surface area contributed by atoms with Gasteiger partial charge in [0.2, 0.25) is 0 Å². The van der Waals surface area contributed by atoms with Crippen LogP contribution in [0.5, 0.6) is 5.75 Å². The highest BCUT2D eigenvalue weighted by atomic mass is 79.9. The van der Waals surface area contributed by atoms with Crippen molar-refractivity contribution in [3.8, 4) is 5.75 Å². The number of β-amino-alcohol motifs (C(OH)–C–C–N with tert-alkyl or cyclic N) is 1. The fourth-order valence-electron chi connectivity index (χ4n) is 1.97. The van der Waals surface area contributed by atoms with E-state index in [4.69, 9.17) is 14.6 Å². The Balaban J connectivity index is 1.81. The number of aliphatic hydroxyl groups excluding tert-OH is 1. The average Bonchev–Trinajstić information content (AvgIpc) is 2.39. The molecule has 0 aliphatic carbocycles. The fraction of sp³-hybridized carbons (Fsp3) is 0.538. The van der Waals surface area contributed by atoms with Crippen LogP contribution in [0, 0.1) is 0 Å². The summed E-state index contributed by atoms with van der Waals surface area (Å²) >= 11 is 3.45. The van der Waals surface area contributed by atoms with E-state index in [9.17, 15) is 0 Å². The fourth-order valence-corrected chi connectivity index (χ4v) is 2.37. The predicted octanol–water partition coefficient (Wildman–Crippen LogP) is 1.52. The second-order valence-electron chi connectivity index (χ2n) is 4.26. The molecule has 1 heterocycles. The van der Waals surface area contributed by atoms with E-state index in [2.05, 4.69) is 20.8 Å². The quantitative estimate of drug-likeness (QED) is 0.894. The number of aliphatic hydroxyl groups is 1. The highest BCUT2D eigenvalue weighted by molar-refractivity contribution is 9.10. The first-order chi connectivity index (χ1) is 8.79. The topological polar surface area (TPSA) is 41.9 Å². The van der Waals surface area contributed by atoms with E-state index in [0.29, 0.717) is 19.8 Å². The lowest BCUT2D eigenvalue weighted by Crippen LogP contribution is -2.45. The van der Waals surface area contributed by atoms with Crippen LogP contribution in [-0.4, -0.2) is 55.6 Å². The SMILES string of the molecule is OCCN1CCO[C@@H](COc2ccccc2Br)C1. The van der Waals surface area contributed by atoms with E-state index in [1.54, 1.807) is 0 Å². The number of rotatable bonds is 5. The molecule has 1 aliphatic rings. The first-order valence-electron chi connectivity index (χ1n) is 6.11. The maximum absolute atomic E-state index is 8.93. The van der Waals surface area contributed by atoms with Crippen molar-refractivity contribution in [3.05, 3.63) is 28.7 Å². The molecule has 0 spiro atoms. The molecule has 1 aromatic carbocycles. The number of hydrogen-bond donors (Lipinski definition) is 1. The second kappa shape index (κ2) is 7.09. The molecule has 4 nitrogen and oxygen atoms in total. The predicted molar refractivity (Wildman–Crippen MR) is 72.9 cm³/mol. The van der Waals surface area contributed by atoms with Crippen molar-refractivity contribution >= 4 is 15.9 Å². The van der Waals surface area contributed by atoms with Crippen molar-refractivity contribution in [2.75, 3.05) is 39.5 Å². The summed E-state index contributed by atoms with van der Waals surface area (Å²) in [4.78, 5) is 2.19. The minimum atomic E-state index is 0.0670. The molecule has 0 radical (unpaired) electrons. The van der Waals surface area contributed by atoms with Crippen molar-refractivity contribution in [2.24, 2.45) is 0 Å². The molecule has 2 rings (SSSR count). The Kier molecular flexibility index (Phi) is 5.44. The van der Waals surface area contributed by atoms with Crippen LogP contribution in [-0.2, 0) is 4.74 Å². The highest BCUT2D eigenvalue weighted by Gasteiger charge is 2.20. The Hall–Kier alpha value is -0.620. The van der Waals surface area contributed by atoms with Gasteiger partial charge in [-0.3, -0.25) is 4.90 Å². The number of benzene rings is 1.